The monoisotopic (exact) mass is 422 g/mol. The first-order chi connectivity index (χ1) is 14.3. The molecule has 6 nitrogen and oxygen atoms in total. The quantitative estimate of drug-likeness (QED) is 0.731. The van der Waals surface area contributed by atoms with E-state index >= 15 is 0 Å². The summed E-state index contributed by atoms with van der Waals surface area (Å²) in [7, 11) is 0. The number of amides is 2. The van der Waals surface area contributed by atoms with Gasteiger partial charge in [0.25, 0.3) is 0 Å². The first-order valence-electron chi connectivity index (χ1n) is 12.0. The summed E-state index contributed by atoms with van der Waals surface area (Å²) in [5, 5.41) is 6.75. The van der Waals surface area contributed by atoms with E-state index in [-0.39, 0.29) is 41.9 Å². The number of piperazine rings is 1. The Morgan fingerprint density at radius 3 is 2.57 bits per heavy atom. The number of carbonyl (C=O) groups excluding carboxylic acids is 2. The van der Waals surface area contributed by atoms with E-state index in [0.29, 0.717) is 24.8 Å². The Morgan fingerprint density at radius 1 is 1.07 bits per heavy atom. The molecule has 0 spiro atoms. The third-order valence-electron chi connectivity index (χ3n) is 8.23. The van der Waals surface area contributed by atoms with Gasteiger partial charge in [-0.3, -0.25) is 14.5 Å². The van der Waals surface area contributed by atoms with Crippen molar-refractivity contribution in [2.75, 3.05) is 19.6 Å². The number of halogens is 1. The van der Waals surface area contributed by atoms with Crippen LogP contribution in [-0.4, -0.2) is 77.6 Å². The lowest BCUT2D eigenvalue weighted by atomic mass is 9.77. The molecule has 8 atom stereocenters. The van der Waals surface area contributed by atoms with E-state index in [1.165, 1.54) is 0 Å². The van der Waals surface area contributed by atoms with Gasteiger partial charge in [-0.1, -0.05) is 6.92 Å². The summed E-state index contributed by atoms with van der Waals surface area (Å²) in [5.74, 6) is 0.645. The zero-order chi connectivity index (χ0) is 21.4. The van der Waals surface area contributed by atoms with Crippen LogP contribution in [0, 0.1) is 11.8 Å². The minimum absolute atomic E-state index is 0.0114. The average molecular weight is 423 g/mol. The number of rotatable bonds is 3. The predicted molar refractivity (Wildman–Crippen MR) is 115 cm³/mol. The maximum Gasteiger partial charge on any atom is 0.237 e. The number of hydrogen-bond donors (Lipinski definition) is 2. The van der Waals surface area contributed by atoms with Gasteiger partial charge in [0.05, 0.1) is 6.04 Å². The highest BCUT2D eigenvalue weighted by Crippen LogP contribution is 2.38. The summed E-state index contributed by atoms with van der Waals surface area (Å²) in [4.78, 5) is 29.2. The molecule has 0 aromatic rings. The summed E-state index contributed by atoms with van der Waals surface area (Å²) >= 11 is 0. The summed E-state index contributed by atoms with van der Waals surface area (Å²) in [6, 6.07) is 0.796. The van der Waals surface area contributed by atoms with Crippen LogP contribution in [0.15, 0.2) is 0 Å². The number of fused-ring (bicyclic) bond motifs is 1. The summed E-state index contributed by atoms with van der Waals surface area (Å²) in [6.45, 7) is 8.57. The van der Waals surface area contributed by atoms with Gasteiger partial charge < -0.3 is 15.5 Å². The Bertz CT molecular complexity index is 629. The Hall–Kier alpha value is -1.21. The maximum atomic E-state index is 14.4. The van der Waals surface area contributed by atoms with Crippen LogP contribution in [0.25, 0.3) is 0 Å². The first-order valence-corrected chi connectivity index (χ1v) is 12.0. The fraction of sp³-hybridized carbons (Fsp3) is 0.913. The normalized spacial score (nSPS) is 42.6. The molecular formula is C23H39FN4O2. The Balaban J connectivity index is 1.29. The summed E-state index contributed by atoms with van der Waals surface area (Å²) in [5.41, 5.74) is 0. The van der Waals surface area contributed by atoms with Gasteiger partial charge in [-0.2, -0.15) is 0 Å². The molecule has 2 N–H and O–H groups in total. The minimum atomic E-state index is -0.772. The lowest BCUT2D eigenvalue weighted by Gasteiger charge is -2.45. The van der Waals surface area contributed by atoms with E-state index in [1.807, 2.05) is 4.90 Å². The number of nitrogens with one attached hydrogen (secondary N) is 2. The molecule has 0 aromatic heterocycles. The number of alkyl halides is 1. The SMILES string of the molecule is CC(=O)N1CCN([C@H]2CCC[C@@H](NC(=O)C3CC4C(F)CCC(C)C4N3)C2)CC1C. The van der Waals surface area contributed by atoms with E-state index in [1.54, 1.807) is 6.92 Å². The van der Waals surface area contributed by atoms with E-state index in [2.05, 4.69) is 29.4 Å². The number of carbonyl (C=O) groups is 2. The predicted octanol–water partition coefficient (Wildman–Crippen LogP) is 2.08. The first kappa shape index (κ1) is 22.0. The third-order valence-corrected chi connectivity index (χ3v) is 8.23. The third kappa shape index (κ3) is 4.52. The highest BCUT2D eigenvalue weighted by molar-refractivity contribution is 5.82. The van der Waals surface area contributed by atoms with E-state index in [4.69, 9.17) is 0 Å². The minimum Gasteiger partial charge on any atom is -0.352 e. The van der Waals surface area contributed by atoms with Gasteiger partial charge in [-0.15, -0.1) is 0 Å². The molecule has 2 aliphatic carbocycles. The molecule has 0 bridgehead atoms. The van der Waals surface area contributed by atoms with Crippen LogP contribution in [0.2, 0.25) is 0 Å². The fourth-order valence-corrected chi connectivity index (χ4v) is 6.51. The Labute approximate surface area is 180 Å². The molecule has 4 aliphatic rings. The summed E-state index contributed by atoms with van der Waals surface area (Å²) < 4.78 is 14.4. The lowest BCUT2D eigenvalue weighted by molar-refractivity contribution is -0.134. The van der Waals surface area contributed by atoms with Gasteiger partial charge in [-0.25, -0.2) is 4.39 Å². The van der Waals surface area contributed by atoms with Crippen molar-refractivity contribution in [2.24, 2.45) is 11.8 Å². The zero-order valence-corrected chi connectivity index (χ0v) is 18.8. The molecule has 170 valence electrons. The molecular weight excluding hydrogens is 383 g/mol. The van der Waals surface area contributed by atoms with Crippen molar-refractivity contribution in [1.82, 2.24) is 20.4 Å². The van der Waals surface area contributed by atoms with Gasteiger partial charge in [0.2, 0.25) is 11.8 Å². The topological polar surface area (TPSA) is 64.7 Å². The van der Waals surface area contributed by atoms with Crippen molar-refractivity contribution < 1.29 is 14.0 Å². The summed E-state index contributed by atoms with van der Waals surface area (Å²) in [6.07, 6.45) is 5.67. The van der Waals surface area contributed by atoms with Crippen molar-refractivity contribution in [2.45, 2.75) is 102 Å². The molecule has 0 radical (unpaired) electrons. The number of hydrogen-bond acceptors (Lipinski definition) is 4. The van der Waals surface area contributed by atoms with Gasteiger partial charge >= 0.3 is 0 Å². The van der Waals surface area contributed by atoms with Crippen LogP contribution in [-0.2, 0) is 9.59 Å². The average Bonchev–Trinajstić information content (AvgIpc) is 3.18. The maximum absolute atomic E-state index is 14.4. The van der Waals surface area contributed by atoms with E-state index in [0.717, 1.165) is 51.7 Å². The van der Waals surface area contributed by atoms with Gasteiger partial charge in [0.15, 0.2) is 0 Å². The van der Waals surface area contributed by atoms with E-state index in [9.17, 15) is 14.0 Å². The molecule has 6 unspecified atom stereocenters. The fourth-order valence-electron chi connectivity index (χ4n) is 6.51. The molecule has 0 aromatic carbocycles. The van der Waals surface area contributed by atoms with Crippen molar-refractivity contribution in [3.63, 3.8) is 0 Å². The van der Waals surface area contributed by atoms with Crippen LogP contribution in [0.5, 0.6) is 0 Å². The Morgan fingerprint density at radius 2 is 1.87 bits per heavy atom. The van der Waals surface area contributed by atoms with Crippen molar-refractivity contribution in [3.8, 4) is 0 Å². The Kier molecular flexibility index (Phi) is 6.68. The van der Waals surface area contributed by atoms with Crippen molar-refractivity contribution >= 4 is 11.8 Å². The number of nitrogens with zero attached hydrogens (tertiary/aromatic N) is 2. The molecule has 4 rings (SSSR count). The zero-order valence-electron chi connectivity index (χ0n) is 18.8. The van der Waals surface area contributed by atoms with Gasteiger partial charge in [0, 0.05) is 56.6 Å². The highest BCUT2D eigenvalue weighted by Gasteiger charge is 2.46. The van der Waals surface area contributed by atoms with Crippen LogP contribution in [0.3, 0.4) is 0 Å². The second kappa shape index (κ2) is 9.11. The standard InChI is InChI=1S/C23H39FN4O2/c1-14-7-8-20(24)19-12-21(26-22(14)19)23(30)25-17-5-4-6-18(11-17)27-9-10-28(16(3)29)15(2)13-27/h14-15,17-22,26H,4-13H2,1-3H3,(H,25,30)/t14?,15?,17-,18+,19?,20?,21?,22?/m1/s1. The highest BCUT2D eigenvalue weighted by atomic mass is 19.1. The molecule has 30 heavy (non-hydrogen) atoms. The molecule has 2 aliphatic heterocycles. The van der Waals surface area contributed by atoms with Crippen molar-refractivity contribution in [1.29, 1.82) is 0 Å². The van der Waals surface area contributed by atoms with Crippen LogP contribution in [0.1, 0.15) is 65.7 Å². The molecule has 2 amide bonds. The second-order valence-electron chi connectivity index (χ2n) is 10.3. The van der Waals surface area contributed by atoms with Gasteiger partial charge in [0.1, 0.15) is 6.17 Å². The molecule has 2 heterocycles. The van der Waals surface area contributed by atoms with E-state index < -0.39 is 6.17 Å². The molecule has 7 heteroatoms. The van der Waals surface area contributed by atoms with Crippen molar-refractivity contribution in [3.05, 3.63) is 0 Å². The van der Waals surface area contributed by atoms with Gasteiger partial charge in [-0.05, 0) is 57.8 Å². The van der Waals surface area contributed by atoms with Crippen LogP contribution in [0.4, 0.5) is 4.39 Å². The molecule has 2 saturated heterocycles. The second-order valence-corrected chi connectivity index (χ2v) is 10.3. The largest absolute Gasteiger partial charge is 0.352 e. The smallest absolute Gasteiger partial charge is 0.237 e. The molecule has 2 saturated carbocycles. The lowest BCUT2D eigenvalue weighted by Crippen LogP contribution is -2.58. The van der Waals surface area contributed by atoms with Crippen LogP contribution < -0.4 is 10.6 Å². The van der Waals surface area contributed by atoms with Crippen LogP contribution >= 0.6 is 0 Å². The molecule has 4 fully saturated rings.